The molecule has 0 saturated carbocycles. The number of benzene rings is 1. The van der Waals surface area contributed by atoms with E-state index in [1.54, 1.807) is 6.07 Å². The molecule has 3 heterocycles. The largest absolute Gasteiger partial charge is 0.460 e. The van der Waals surface area contributed by atoms with Crippen LogP contribution < -0.4 is 10.6 Å². The van der Waals surface area contributed by atoms with Crippen LogP contribution in [-0.2, 0) is 0 Å². The van der Waals surface area contributed by atoms with Gasteiger partial charge in [0.15, 0.2) is 0 Å². The number of furan rings is 1. The minimum absolute atomic E-state index is 0.186. The zero-order chi connectivity index (χ0) is 21.4. The number of carbonyl (C=O) groups excluding carboxylic acids is 1. The van der Waals surface area contributed by atoms with Gasteiger partial charge < -0.3 is 20.0 Å². The molecular formula is C21H21Cl2N5O2. The summed E-state index contributed by atoms with van der Waals surface area (Å²) in [6, 6.07) is 3.61. The molecule has 1 amide bonds. The average Bonchev–Trinajstić information content (AvgIpc) is 3.26. The van der Waals surface area contributed by atoms with Crippen LogP contribution in [0.15, 0.2) is 28.9 Å². The van der Waals surface area contributed by atoms with Gasteiger partial charge in [0.25, 0.3) is 5.91 Å². The van der Waals surface area contributed by atoms with Crippen LogP contribution >= 0.6 is 23.2 Å². The average molecular weight is 446 g/mol. The van der Waals surface area contributed by atoms with E-state index in [1.165, 1.54) is 12.4 Å². The lowest BCUT2D eigenvalue weighted by molar-refractivity contribution is 0.0953. The molecule has 9 heteroatoms. The van der Waals surface area contributed by atoms with Gasteiger partial charge in [-0.15, -0.1) is 0 Å². The number of pyridine rings is 1. The van der Waals surface area contributed by atoms with Crippen molar-refractivity contribution in [3.05, 3.63) is 45.9 Å². The SMILES string of the molecule is Cc1cc2c(o1)c(C(=O)NCCC(C)C)cc1nc(Nc3c(Cl)cncc3Cl)[nH]c12. The molecule has 0 saturated heterocycles. The van der Waals surface area contributed by atoms with E-state index in [0.29, 0.717) is 56.6 Å². The number of fused-ring (bicyclic) bond motifs is 3. The number of hydrogen-bond donors (Lipinski definition) is 3. The molecule has 0 fully saturated rings. The number of amides is 1. The molecule has 0 radical (unpaired) electrons. The fourth-order valence-corrected chi connectivity index (χ4v) is 3.70. The Balaban J connectivity index is 1.75. The molecule has 3 N–H and O–H groups in total. The Labute approximate surface area is 183 Å². The van der Waals surface area contributed by atoms with Crippen molar-refractivity contribution in [2.24, 2.45) is 5.92 Å². The highest BCUT2D eigenvalue weighted by Gasteiger charge is 2.20. The molecule has 156 valence electrons. The molecule has 4 aromatic rings. The number of halogens is 2. The van der Waals surface area contributed by atoms with Crippen LogP contribution in [0, 0.1) is 12.8 Å². The van der Waals surface area contributed by atoms with E-state index in [0.717, 1.165) is 17.3 Å². The lowest BCUT2D eigenvalue weighted by atomic mass is 10.1. The van der Waals surface area contributed by atoms with Crippen molar-refractivity contribution in [1.29, 1.82) is 0 Å². The summed E-state index contributed by atoms with van der Waals surface area (Å²) in [6.45, 7) is 6.68. The Hall–Kier alpha value is -2.77. The van der Waals surface area contributed by atoms with E-state index >= 15 is 0 Å². The van der Waals surface area contributed by atoms with Crippen LogP contribution in [-0.4, -0.2) is 27.4 Å². The third-order valence-electron chi connectivity index (χ3n) is 4.73. The fourth-order valence-electron chi connectivity index (χ4n) is 3.25. The Morgan fingerprint density at radius 2 is 1.97 bits per heavy atom. The molecule has 0 bridgehead atoms. The van der Waals surface area contributed by atoms with Crippen LogP contribution in [0.3, 0.4) is 0 Å². The molecule has 0 atom stereocenters. The highest BCUT2D eigenvalue weighted by atomic mass is 35.5. The number of rotatable bonds is 6. The summed E-state index contributed by atoms with van der Waals surface area (Å²) in [5.41, 5.74) is 2.86. The molecule has 1 aromatic carbocycles. The second-order valence-electron chi connectivity index (χ2n) is 7.55. The number of hydrogen-bond acceptors (Lipinski definition) is 5. The first-order valence-corrected chi connectivity index (χ1v) is 10.4. The zero-order valence-electron chi connectivity index (χ0n) is 16.8. The number of nitrogens with one attached hydrogen (secondary N) is 3. The summed E-state index contributed by atoms with van der Waals surface area (Å²) in [5, 5.41) is 7.59. The quantitative estimate of drug-likeness (QED) is 0.346. The minimum Gasteiger partial charge on any atom is -0.460 e. The van der Waals surface area contributed by atoms with Gasteiger partial charge in [0.1, 0.15) is 11.3 Å². The third-order valence-corrected chi connectivity index (χ3v) is 5.30. The molecule has 30 heavy (non-hydrogen) atoms. The number of nitrogens with zero attached hydrogens (tertiary/aromatic N) is 2. The van der Waals surface area contributed by atoms with Crippen LogP contribution in [0.1, 0.15) is 36.4 Å². The van der Waals surface area contributed by atoms with Crippen LogP contribution in [0.25, 0.3) is 22.0 Å². The Morgan fingerprint density at radius 1 is 1.23 bits per heavy atom. The van der Waals surface area contributed by atoms with Crippen molar-refractivity contribution in [2.75, 3.05) is 11.9 Å². The summed E-state index contributed by atoms with van der Waals surface area (Å²) < 4.78 is 5.84. The van der Waals surface area contributed by atoms with Crippen molar-refractivity contribution in [3.63, 3.8) is 0 Å². The van der Waals surface area contributed by atoms with Gasteiger partial charge in [-0.2, -0.15) is 0 Å². The summed E-state index contributed by atoms with van der Waals surface area (Å²) >= 11 is 12.4. The van der Waals surface area contributed by atoms with Gasteiger partial charge in [-0.05, 0) is 31.4 Å². The molecule has 0 unspecified atom stereocenters. The van der Waals surface area contributed by atoms with Gasteiger partial charge >= 0.3 is 0 Å². The first-order valence-electron chi connectivity index (χ1n) is 9.60. The highest BCUT2D eigenvalue weighted by molar-refractivity contribution is 6.39. The van der Waals surface area contributed by atoms with Crippen molar-refractivity contribution >= 4 is 62.7 Å². The molecule has 0 aliphatic carbocycles. The topological polar surface area (TPSA) is 95.8 Å². The Morgan fingerprint density at radius 3 is 2.67 bits per heavy atom. The summed E-state index contributed by atoms with van der Waals surface area (Å²) in [7, 11) is 0. The normalized spacial score (nSPS) is 11.5. The summed E-state index contributed by atoms with van der Waals surface area (Å²) in [4.78, 5) is 24.6. The maximum atomic E-state index is 12.8. The number of H-pyrrole nitrogens is 1. The van der Waals surface area contributed by atoms with Gasteiger partial charge in [0.2, 0.25) is 5.95 Å². The van der Waals surface area contributed by atoms with Crippen molar-refractivity contribution in [3.8, 4) is 0 Å². The Kier molecular flexibility index (Phi) is 5.58. The van der Waals surface area contributed by atoms with E-state index in [9.17, 15) is 4.79 Å². The highest BCUT2D eigenvalue weighted by Crippen LogP contribution is 2.34. The van der Waals surface area contributed by atoms with Crippen LogP contribution in [0.4, 0.5) is 11.6 Å². The molecule has 0 aliphatic heterocycles. The summed E-state index contributed by atoms with van der Waals surface area (Å²) in [5.74, 6) is 1.47. The van der Waals surface area contributed by atoms with Crippen LogP contribution in [0.5, 0.6) is 0 Å². The zero-order valence-corrected chi connectivity index (χ0v) is 18.3. The number of aryl methyl sites for hydroxylation is 1. The Bertz CT molecular complexity index is 1230. The first kappa shape index (κ1) is 20.5. The smallest absolute Gasteiger partial charge is 0.255 e. The molecule has 7 nitrogen and oxygen atoms in total. The predicted molar refractivity (Wildman–Crippen MR) is 120 cm³/mol. The number of aromatic nitrogens is 3. The maximum Gasteiger partial charge on any atom is 0.255 e. The second kappa shape index (κ2) is 8.16. The van der Waals surface area contributed by atoms with Crippen LogP contribution in [0.2, 0.25) is 10.0 Å². The van der Waals surface area contributed by atoms with Crippen molar-refractivity contribution in [2.45, 2.75) is 27.2 Å². The van der Waals surface area contributed by atoms with Crippen molar-refractivity contribution in [1.82, 2.24) is 20.3 Å². The molecular weight excluding hydrogens is 425 g/mol. The molecule has 3 aromatic heterocycles. The third kappa shape index (κ3) is 3.95. The minimum atomic E-state index is -0.186. The van der Waals surface area contributed by atoms with Gasteiger partial charge in [0.05, 0.1) is 32.3 Å². The van der Waals surface area contributed by atoms with Gasteiger partial charge in [0, 0.05) is 24.3 Å². The second-order valence-corrected chi connectivity index (χ2v) is 8.36. The fraction of sp³-hybridized carbons (Fsp3) is 0.286. The van der Waals surface area contributed by atoms with Gasteiger partial charge in [-0.3, -0.25) is 9.78 Å². The number of imidazole rings is 1. The van der Waals surface area contributed by atoms with E-state index < -0.39 is 0 Å². The first-order chi connectivity index (χ1) is 14.3. The maximum absolute atomic E-state index is 12.8. The number of aromatic amines is 1. The van der Waals surface area contributed by atoms with Gasteiger partial charge in [-0.25, -0.2) is 4.98 Å². The standard InChI is InChI=1S/C21H21Cl2N5O2/c1-10(2)4-5-25-20(29)13-7-16-17(12-6-11(3)30-19(12)13)27-21(26-16)28-18-14(22)8-24-9-15(18)23/h6-10H,4-5H2,1-3H3,(H,25,29)(H2,24,26,27,28). The summed E-state index contributed by atoms with van der Waals surface area (Å²) in [6.07, 6.45) is 3.89. The van der Waals surface area contributed by atoms with Crippen molar-refractivity contribution < 1.29 is 9.21 Å². The van der Waals surface area contributed by atoms with E-state index in [1.807, 2.05) is 13.0 Å². The molecule has 4 rings (SSSR count). The van der Waals surface area contributed by atoms with E-state index in [4.69, 9.17) is 27.6 Å². The molecule has 0 spiro atoms. The monoisotopic (exact) mass is 445 g/mol. The number of anilines is 2. The number of carbonyl (C=O) groups is 1. The van der Waals surface area contributed by atoms with E-state index in [2.05, 4.69) is 39.4 Å². The predicted octanol–water partition coefficient (Wildman–Crippen LogP) is 5.84. The van der Waals surface area contributed by atoms with E-state index in [-0.39, 0.29) is 5.91 Å². The lowest BCUT2D eigenvalue weighted by Gasteiger charge is -2.07. The molecule has 0 aliphatic rings. The lowest BCUT2D eigenvalue weighted by Crippen LogP contribution is -2.25. The van der Waals surface area contributed by atoms with Gasteiger partial charge in [-0.1, -0.05) is 37.0 Å².